The van der Waals surface area contributed by atoms with Crippen LogP contribution in [0.4, 0.5) is 4.39 Å². The lowest BCUT2D eigenvalue weighted by atomic mass is 10.0. The van der Waals surface area contributed by atoms with Gasteiger partial charge in [0.25, 0.3) is 0 Å². The second-order valence-corrected chi connectivity index (χ2v) is 5.63. The van der Waals surface area contributed by atoms with Gasteiger partial charge in [0.1, 0.15) is 17.9 Å². The van der Waals surface area contributed by atoms with Crippen LogP contribution in [0.3, 0.4) is 0 Å². The maximum Gasteiger partial charge on any atom is 0.326 e. The summed E-state index contributed by atoms with van der Waals surface area (Å²) in [4.78, 5) is 34.9. The fourth-order valence-corrected chi connectivity index (χ4v) is 2.25. The molecule has 132 valence electrons. The molecule has 0 bridgehead atoms. The third-order valence-electron chi connectivity index (χ3n) is 3.51. The lowest BCUT2D eigenvalue weighted by molar-refractivity contribution is -0.142. The van der Waals surface area contributed by atoms with Gasteiger partial charge in [0.05, 0.1) is 0 Å². The number of rotatable bonds is 9. The Morgan fingerprint density at radius 2 is 1.75 bits per heavy atom. The summed E-state index contributed by atoms with van der Waals surface area (Å²) >= 11 is 0. The highest BCUT2D eigenvalue weighted by molar-refractivity contribution is 5.90. The number of unbranched alkanes of at least 4 members (excludes halogenated alkanes) is 1. The number of carbonyl (C=O) groups excluding carboxylic acids is 2. The molecule has 0 saturated carbocycles. The molecule has 24 heavy (non-hydrogen) atoms. The smallest absolute Gasteiger partial charge is 0.326 e. The first-order chi connectivity index (χ1) is 11.3. The van der Waals surface area contributed by atoms with Crippen molar-refractivity contribution < 1.29 is 23.9 Å². The molecule has 0 aliphatic rings. The van der Waals surface area contributed by atoms with E-state index in [1.807, 2.05) is 6.92 Å². The van der Waals surface area contributed by atoms with Gasteiger partial charge in [-0.1, -0.05) is 31.9 Å². The van der Waals surface area contributed by atoms with Crippen molar-refractivity contribution in [3.05, 3.63) is 35.6 Å². The van der Waals surface area contributed by atoms with E-state index in [-0.39, 0.29) is 6.42 Å². The fraction of sp³-hybridized carbons (Fsp3) is 0.471. The SMILES string of the molecule is CCCC[C@@H](NC(=O)[C@@H](Cc1ccc(F)cc1)NC(C)=O)C(=O)O. The molecule has 0 saturated heterocycles. The Labute approximate surface area is 140 Å². The van der Waals surface area contributed by atoms with E-state index in [0.29, 0.717) is 18.4 Å². The fourth-order valence-electron chi connectivity index (χ4n) is 2.25. The van der Waals surface area contributed by atoms with E-state index >= 15 is 0 Å². The first-order valence-electron chi connectivity index (χ1n) is 7.88. The monoisotopic (exact) mass is 338 g/mol. The second kappa shape index (κ2) is 9.64. The molecule has 0 aliphatic heterocycles. The van der Waals surface area contributed by atoms with Crippen LogP contribution < -0.4 is 10.6 Å². The first kappa shape index (κ1) is 19.6. The van der Waals surface area contributed by atoms with Crippen LogP contribution in [0.1, 0.15) is 38.7 Å². The number of carboxylic acids is 1. The van der Waals surface area contributed by atoms with E-state index < -0.39 is 35.7 Å². The molecule has 0 spiro atoms. The van der Waals surface area contributed by atoms with Gasteiger partial charge >= 0.3 is 5.97 Å². The third-order valence-corrected chi connectivity index (χ3v) is 3.51. The molecular formula is C17H23FN2O4. The first-order valence-corrected chi connectivity index (χ1v) is 7.88. The van der Waals surface area contributed by atoms with Crippen molar-refractivity contribution in [3.63, 3.8) is 0 Å². The average Bonchev–Trinajstić information content (AvgIpc) is 2.52. The van der Waals surface area contributed by atoms with Crippen molar-refractivity contribution in [1.29, 1.82) is 0 Å². The number of aliphatic carboxylic acids is 1. The molecule has 6 nitrogen and oxygen atoms in total. The standard InChI is InChI=1S/C17H23FN2O4/c1-3-4-5-14(17(23)24)20-16(22)15(19-11(2)21)10-12-6-8-13(18)9-7-12/h6-9,14-15H,3-5,10H2,1-2H3,(H,19,21)(H,20,22)(H,23,24)/t14-,15-/m1/s1. The van der Waals surface area contributed by atoms with E-state index in [1.54, 1.807) is 0 Å². The van der Waals surface area contributed by atoms with Crippen LogP contribution in [-0.2, 0) is 20.8 Å². The van der Waals surface area contributed by atoms with Crippen LogP contribution in [0.25, 0.3) is 0 Å². The van der Waals surface area contributed by atoms with Crippen molar-refractivity contribution in [1.82, 2.24) is 10.6 Å². The molecule has 7 heteroatoms. The Morgan fingerprint density at radius 3 is 2.25 bits per heavy atom. The van der Waals surface area contributed by atoms with Crippen molar-refractivity contribution >= 4 is 17.8 Å². The number of amides is 2. The lowest BCUT2D eigenvalue weighted by Crippen LogP contribution is -2.52. The van der Waals surface area contributed by atoms with Gasteiger partial charge < -0.3 is 15.7 Å². The van der Waals surface area contributed by atoms with E-state index in [2.05, 4.69) is 10.6 Å². The zero-order valence-electron chi connectivity index (χ0n) is 13.8. The number of halogens is 1. The lowest BCUT2D eigenvalue weighted by Gasteiger charge is -2.21. The zero-order chi connectivity index (χ0) is 18.1. The summed E-state index contributed by atoms with van der Waals surface area (Å²) in [6, 6.07) is 3.64. The Morgan fingerprint density at radius 1 is 1.12 bits per heavy atom. The molecule has 0 fully saturated rings. The molecule has 1 aromatic rings. The maximum absolute atomic E-state index is 13.0. The highest BCUT2D eigenvalue weighted by Crippen LogP contribution is 2.08. The van der Waals surface area contributed by atoms with E-state index in [9.17, 15) is 23.9 Å². The molecule has 0 unspecified atom stereocenters. The quantitative estimate of drug-likeness (QED) is 0.638. The summed E-state index contributed by atoms with van der Waals surface area (Å²) in [7, 11) is 0. The Balaban J connectivity index is 2.81. The average molecular weight is 338 g/mol. The largest absolute Gasteiger partial charge is 0.480 e. The zero-order valence-corrected chi connectivity index (χ0v) is 13.8. The molecule has 1 rings (SSSR count). The minimum Gasteiger partial charge on any atom is -0.480 e. The summed E-state index contributed by atoms with van der Waals surface area (Å²) < 4.78 is 13.0. The van der Waals surface area contributed by atoms with Crippen LogP contribution in [-0.4, -0.2) is 35.0 Å². The normalized spacial score (nSPS) is 13.0. The van der Waals surface area contributed by atoms with Crippen molar-refractivity contribution in [2.24, 2.45) is 0 Å². The third kappa shape index (κ3) is 6.76. The number of benzene rings is 1. The van der Waals surface area contributed by atoms with Gasteiger partial charge in [0, 0.05) is 13.3 Å². The van der Waals surface area contributed by atoms with Gasteiger partial charge in [-0.25, -0.2) is 9.18 Å². The maximum atomic E-state index is 13.0. The highest BCUT2D eigenvalue weighted by Gasteiger charge is 2.25. The van der Waals surface area contributed by atoms with Gasteiger partial charge in [-0.05, 0) is 24.1 Å². The molecule has 0 heterocycles. The summed E-state index contributed by atoms with van der Waals surface area (Å²) in [5, 5.41) is 14.2. The van der Waals surface area contributed by atoms with Crippen molar-refractivity contribution in [2.45, 2.75) is 51.6 Å². The molecule has 2 amide bonds. The Bertz CT molecular complexity index is 574. The highest BCUT2D eigenvalue weighted by atomic mass is 19.1. The molecular weight excluding hydrogens is 315 g/mol. The minimum atomic E-state index is -1.11. The molecule has 0 aliphatic carbocycles. The van der Waals surface area contributed by atoms with Gasteiger partial charge in [-0.2, -0.15) is 0 Å². The van der Waals surface area contributed by atoms with Gasteiger partial charge in [-0.3, -0.25) is 9.59 Å². The molecule has 1 aromatic carbocycles. The topological polar surface area (TPSA) is 95.5 Å². The van der Waals surface area contributed by atoms with E-state index in [4.69, 9.17) is 0 Å². The predicted molar refractivity (Wildman–Crippen MR) is 86.8 cm³/mol. The van der Waals surface area contributed by atoms with Crippen LogP contribution >= 0.6 is 0 Å². The second-order valence-electron chi connectivity index (χ2n) is 5.63. The summed E-state index contributed by atoms with van der Waals surface area (Å²) in [5.41, 5.74) is 0.658. The molecule has 2 atom stereocenters. The van der Waals surface area contributed by atoms with Crippen LogP contribution in [0.15, 0.2) is 24.3 Å². The van der Waals surface area contributed by atoms with Crippen LogP contribution in [0, 0.1) is 5.82 Å². The number of hydrogen-bond donors (Lipinski definition) is 3. The summed E-state index contributed by atoms with van der Waals surface area (Å²) in [6.07, 6.45) is 1.94. The summed E-state index contributed by atoms with van der Waals surface area (Å²) in [6.45, 7) is 3.20. The van der Waals surface area contributed by atoms with Gasteiger partial charge in [0.2, 0.25) is 11.8 Å². The molecule has 0 radical (unpaired) electrons. The van der Waals surface area contributed by atoms with E-state index in [0.717, 1.165) is 6.42 Å². The Kier molecular flexibility index (Phi) is 7.88. The number of carboxylic acid groups (broad SMARTS) is 1. The number of nitrogens with one attached hydrogen (secondary N) is 2. The number of hydrogen-bond acceptors (Lipinski definition) is 3. The van der Waals surface area contributed by atoms with Crippen LogP contribution in [0.5, 0.6) is 0 Å². The predicted octanol–water partition coefficient (Wildman–Crippen LogP) is 1.63. The summed E-state index contributed by atoms with van der Waals surface area (Å²) in [5.74, 6) is -2.49. The van der Waals surface area contributed by atoms with E-state index in [1.165, 1.54) is 31.2 Å². The van der Waals surface area contributed by atoms with Crippen molar-refractivity contribution in [2.75, 3.05) is 0 Å². The molecule has 3 N–H and O–H groups in total. The number of carbonyl (C=O) groups is 3. The molecule has 0 aromatic heterocycles. The minimum absolute atomic E-state index is 0.145. The van der Waals surface area contributed by atoms with Gasteiger partial charge in [-0.15, -0.1) is 0 Å². The van der Waals surface area contributed by atoms with Gasteiger partial charge in [0.15, 0.2) is 0 Å². The van der Waals surface area contributed by atoms with Crippen molar-refractivity contribution in [3.8, 4) is 0 Å². The van der Waals surface area contributed by atoms with Crippen LogP contribution in [0.2, 0.25) is 0 Å². The Hall–Kier alpha value is -2.44.